The van der Waals surface area contributed by atoms with Crippen LogP contribution < -0.4 is 0 Å². The van der Waals surface area contributed by atoms with Gasteiger partial charge < -0.3 is 20.4 Å². The van der Waals surface area contributed by atoms with E-state index in [1.165, 1.54) is 0 Å². The van der Waals surface area contributed by atoms with Crippen LogP contribution in [-0.2, 0) is 10.8 Å². The van der Waals surface area contributed by atoms with Crippen LogP contribution in [0.3, 0.4) is 0 Å². The molecule has 4 nitrogen and oxygen atoms in total. The molecule has 0 aromatic heterocycles. The van der Waals surface area contributed by atoms with Gasteiger partial charge in [0.25, 0.3) is 0 Å². The molecule has 5 heteroatoms. The lowest BCUT2D eigenvalue weighted by atomic mass is 9.59. The summed E-state index contributed by atoms with van der Waals surface area (Å²) in [5.74, 6) is 0.699. The van der Waals surface area contributed by atoms with Gasteiger partial charge in [-0.15, -0.1) is 11.6 Å². The standard InChI is InChI=1S/C33H35ClO4/c1-19-15-23(35)7-11-27(19)32(5,28-12-8-24(36)16-20(28)2)31(34)33(6,29-13-9-25(37)17-21(29)3)30-14-10-26(38)18-22(30)4/h7-18,31,35-38H,1-6H3. The third kappa shape index (κ3) is 4.48. The van der Waals surface area contributed by atoms with E-state index >= 15 is 0 Å². The second-order valence-electron chi connectivity index (χ2n) is 10.8. The number of alkyl halides is 1. The van der Waals surface area contributed by atoms with E-state index in [9.17, 15) is 20.4 Å². The van der Waals surface area contributed by atoms with Gasteiger partial charge in [0.1, 0.15) is 23.0 Å². The molecule has 0 spiro atoms. The molecular formula is C33H35ClO4. The van der Waals surface area contributed by atoms with E-state index in [1.54, 1.807) is 48.5 Å². The van der Waals surface area contributed by atoms with Gasteiger partial charge in [0.05, 0.1) is 5.38 Å². The van der Waals surface area contributed by atoms with Crippen LogP contribution in [-0.4, -0.2) is 25.8 Å². The molecule has 0 aliphatic heterocycles. The number of rotatable bonds is 6. The largest absolute Gasteiger partial charge is 0.508 e. The maximum absolute atomic E-state index is 10.2. The summed E-state index contributed by atoms with van der Waals surface area (Å²) < 4.78 is 0. The summed E-state index contributed by atoms with van der Waals surface area (Å²) in [6.45, 7) is 12.0. The normalized spacial score (nSPS) is 12.2. The van der Waals surface area contributed by atoms with Crippen molar-refractivity contribution >= 4 is 11.6 Å². The highest BCUT2D eigenvalue weighted by Gasteiger charge is 2.51. The first-order valence-electron chi connectivity index (χ1n) is 12.6. The van der Waals surface area contributed by atoms with Gasteiger partial charge in [0.15, 0.2) is 0 Å². The van der Waals surface area contributed by atoms with Crippen LogP contribution in [0, 0.1) is 27.7 Å². The molecule has 0 bridgehead atoms. The zero-order chi connectivity index (χ0) is 28.0. The molecule has 0 aliphatic rings. The number of phenols is 4. The number of benzene rings is 4. The Morgan fingerprint density at radius 1 is 0.474 bits per heavy atom. The van der Waals surface area contributed by atoms with Crippen LogP contribution in [0.1, 0.15) is 58.4 Å². The quantitative estimate of drug-likeness (QED) is 0.193. The first-order valence-corrected chi connectivity index (χ1v) is 13.1. The molecule has 0 atom stereocenters. The first kappa shape index (κ1) is 27.4. The Labute approximate surface area is 229 Å². The SMILES string of the molecule is Cc1cc(O)ccc1C(C)(c1ccc(O)cc1C)C(Cl)C(C)(c1ccc(O)cc1C)c1ccc(O)cc1C. The van der Waals surface area contributed by atoms with Crippen molar-refractivity contribution in [3.63, 3.8) is 0 Å². The van der Waals surface area contributed by atoms with Gasteiger partial charge in [-0.2, -0.15) is 0 Å². The molecule has 0 aliphatic carbocycles. The van der Waals surface area contributed by atoms with E-state index in [0.717, 1.165) is 44.5 Å². The molecule has 4 aromatic rings. The molecule has 0 saturated heterocycles. The molecule has 4 N–H and O–H groups in total. The van der Waals surface area contributed by atoms with Gasteiger partial charge in [0.2, 0.25) is 0 Å². The van der Waals surface area contributed by atoms with Gasteiger partial charge in [0, 0.05) is 10.8 Å². The predicted molar refractivity (Wildman–Crippen MR) is 154 cm³/mol. The number of halogens is 1. The number of aromatic hydroxyl groups is 4. The fraction of sp³-hybridized carbons (Fsp3) is 0.273. The Bertz CT molecular complexity index is 1290. The average Bonchev–Trinajstić information content (AvgIpc) is 2.82. The molecule has 0 radical (unpaired) electrons. The fourth-order valence-electron chi connectivity index (χ4n) is 6.34. The lowest BCUT2D eigenvalue weighted by Crippen LogP contribution is -2.49. The number of hydrogen-bond donors (Lipinski definition) is 4. The van der Waals surface area contributed by atoms with Crippen LogP contribution in [0.4, 0.5) is 0 Å². The molecule has 0 unspecified atom stereocenters. The van der Waals surface area contributed by atoms with Gasteiger partial charge in [-0.3, -0.25) is 0 Å². The predicted octanol–water partition coefficient (Wildman–Crippen LogP) is 7.66. The number of hydrogen-bond acceptors (Lipinski definition) is 4. The van der Waals surface area contributed by atoms with Gasteiger partial charge in [-0.05, 0) is 135 Å². The van der Waals surface area contributed by atoms with Crippen molar-refractivity contribution < 1.29 is 20.4 Å². The topological polar surface area (TPSA) is 80.9 Å². The molecule has 198 valence electrons. The Hall–Kier alpha value is -3.63. The number of phenolic OH excluding ortho intramolecular Hbond substituents is 4. The Kier molecular flexibility index (Phi) is 7.15. The van der Waals surface area contributed by atoms with Crippen LogP contribution in [0.15, 0.2) is 72.8 Å². The minimum absolute atomic E-state index is 0.175. The molecular weight excluding hydrogens is 496 g/mol. The summed E-state index contributed by atoms with van der Waals surface area (Å²) >= 11 is 7.83. The highest BCUT2D eigenvalue weighted by Crippen LogP contribution is 2.53. The number of aryl methyl sites for hydroxylation is 4. The smallest absolute Gasteiger partial charge is 0.115 e. The lowest BCUT2D eigenvalue weighted by molar-refractivity contribution is 0.395. The Morgan fingerprint density at radius 2 is 0.684 bits per heavy atom. The second kappa shape index (κ2) is 9.92. The maximum atomic E-state index is 10.2. The van der Waals surface area contributed by atoms with Crippen LogP contribution in [0.25, 0.3) is 0 Å². The minimum atomic E-state index is -0.805. The molecule has 4 rings (SSSR count). The molecule has 0 heterocycles. The van der Waals surface area contributed by atoms with Crippen molar-refractivity contribution in [1.29, 1.82) is 0 Å². The van der Waals surface area contributed by atoms with E-state index in [0.29, 0.717) is 0 Å². The van der Waals surface area contributed by atoms with E-state index in [4.69, 9.17) is 11.6 Å². The highest BCUT2D eigenvalue weighted by atomic mass is 35.5. The maximum Gasteiger partial charge on any atom is 0.115 e. The zero-order valence-electron chi connectivity index (χ0n) is 22.7. The summed E-state index contributed by atoms with van der Waals surface area (Å²) in [6.07, 6.45) is 0. The van der Waals surface area contributed by atoms with Gasteiger partial charge in [-0.1, -0.05) is 24.3 Å². The van der Waals surface area contributed by atoms with Crippen molar-refractivity contribution in [2.45, 2.75) is 57.7 Å². The first-order chi connectivity index (χ1) is 17.8. The summed E-state index contributed by atoms with van der Waals surface area (Å²) in [5, 5.41) is 40.3. The Balaban J connectivity index is 2.12. The van der Waals surface area contributed by atoms with E-state index in [-0.39, 0.29) is 23.0 Å². The van der Waals surface area contributed by atoms with Crippen LogP contribution in [0.5, 0.6) is 23.0 Å². The average molecular weight is 531 g/mol. The van der Waals surface area contributed by atoms with Gasteiger partial charge >= 0.3 is 0 Å². The van der Waals surface area contributed by atoms with Crippen molar-refractivity contribution in [3.05, 3.63) is 117 Å². The van der Waals surface area contributed by atoms with Crippen molar-refractivity contribution in [1.82, 2.24) is 0 Å². The second-order valence-corrected chi connectivity index (χ2v) is 11.2. The molecule has 0 saturated carbocycles. The Morgan fingerprint density at radius 3 is 0.868 bits per heavy atom. The van der Waals surface area contributed by atoms with Crippen LogP contribution in [0.2, 0.25) is 0 Å². The van der Waals surface area contributed by atoms with E-state index in [2.05, 4.69) is 13.8 Å². The van der Waals surface area contributed by atoms with Crippen molar-refractivity contribution in [2.75, 3.05) is 0 Å². The molecule has 38 heavy (non-hydrogen) atoms. The third-order valence-corrected chi connectivity index (χ3v) is 8.96. The van der Waals surface area contributed by atoms with Gasteiger partial charge in [-0.25, -0.2) is 0 Å². The van der Waals surface area contributed by atoms with Crippen molar-refractivity contribution in [2.24, 2.45) is 0 Å². The lowest BCUT2D eigenvalue weighted by Gasteiger charge is -2.48. The summed E-state index contributed by atoms with van der Waals surface area (Å²) in [4.78, 5) is 0. The fourth-order valence-corrected chi connectivity index (χ4v) is 6.81. The molecule has 0 fully saturated rings. The monoisotopic (exact) mass is 530 g/mol. The van der Waals surface area contributed by atoms with E-state index < -0.39 is 16.2 Å². The van der Waals surface area contributed by atoms with E-state index in [1.807, 2.05) is 52.0 Å². The summed E-state index contributed by atoms with van der Waals surface area (Å²) in [5.41, 5.74) is 5.73. The highest BCUT2D eigenvalue weighted by molar-refractivity contribution is 6.23. The zero-order valence-corrected chi connectivity index (χ0v) is 23.4. The minimum Gasteiger partial charge on any atom is -0.508 e. The van der Waals surface area contributed by atoms with Crippen molar-refractivity contribution in [3.8, 4) is 23.0 Å². The summed E-state index contributed by atoms with van der Waals surface area (Å²) in [6, 6.07) is 21.3. The molecule has 0 amide bonds. The molecule has 4 aromatic carbocycles. The summed E-state index contributed by atoms with van der Waals surface area (Å²) in [7, 11) is 0. The van der Waals surface area contributed by atoms with Crippen LogP contribution >= 0.6 is 11.6 Å². The third-order valence-electron chi connectivity index (χ3n) is 8.09.